The summed E-state index contributed by atoms with van der Waals surface area (Å²) in [7, 11) is -0.436. The second-order valence-corrected chi connectivity index (χ2v) is 9.58. The molecule has 0 aliphatic heterocycles. The molecule has 1 saturated carbocycles. The van der Waals surface area contributed by atoms with Crippen LogP contribution < -0.4 is 10.1 Å². The number of sulfonamides is 1. The third-order valence-electron chi connectivity index (χ3n) is 5.59. The van der Waals surface area contributed by atoms with Gasteiger partial charge in [0.25, 0.3) is 5.91 Å². The van der Waals surface area contributed by atoms with Crippen LogP contribution in [0, 0.1) is 0 Å². The van der Waals surface area contributed by atoms with Crippen molar-refractivity contribution in [1.29, 1.82) is 0 Å². The maximum atomic E-state index is 12.9. The molecule has 1 fully saturated rings. The van der Waals surface area contributed by atoms with E-state index in [-0.39, 0.29) is 28.4 Å². The quantitative estimate of drug-likeness (QED) is 0.578. The topological polar surface area (TPSA) is 115 Å². The summed E-state index contributed by atoms with van der Waals surface area (Å²) in [6.45, 7) is 0. The van der Waals surface area contributed by atoms with Crippen molar-refractivity contribution in [1.82, 2.24) is 14.5 Å². The van der Waals surface area contributed by atoms with Gasteiger partial charge in [-0.15, -0.1) is 5.10 Å². The predicted octanol–water partition coefficient (Wildman–Crippen LogP) is 3.56. The van der Waals surface area contributed by atoms with E-state index in [9.17, 15) is 13.2 Å². The van der Waals surface area contributed by atoms with Crippen LogP contribution in [0.25, 0.3) is 11.5 Å². The molecule has 0 unspecified atom stereocenters. The van der Waals surface area contributed by atoms with Gasteiger partial charge in [-0.3, -0.25) is 10.1 Å². The first kappa shape index (κ1) is 22.0. The molecule has 0 bridgehead atoms. The molecular weight excluding hydrogens is 432 g/mol. The molecule has 3 aromatic rings. The third kappa shape index (κ3) is 4.51. The highest BCUT2D eigenvalue weighted by Crippen LogP contribution is 2.28. The lowest BCUT2D eigenvalue weighted by Crippen LogP contribution is -2.35. The molecule has 1 aliphatic rings. The first-order valence-electron chi connectivity index (χ1n) is 10.3. The van der Waals surface area contributed by atoms with Crippen LogP contribution in [0.3, 0.4) is 0 Å². The van der Waals surface area contributed by atoms with Crippen molar-refractivity contribution in [3.05, 3.63) is 54.1 Å². The largest absolute Gasteiger partial charge is 0.497 e. The van der Waals surface area contributed by atoms with Gasteiger partial charge < -0.3 is 9.15 Å². The molecule has 0 atom stereocenters. The molecule has 0 saturated heterocycles. The first-order chi connectivity index (χ1) is 15.4. The van der Waals surface area contributed by atoms with Gasteiger partial charge in [-0.1, -0.05) is 24.0 Å². The minimum absolute atomic E-state index is 0.0271. The number of nitrogens with zero attached hydrogens (tertiary/aromatic N) is 3. The van der Waals surface area contributed by atoms with E-state index < -0.39 is 15.9 Å². The minimum atomic E-state index is -3.61. The molecule has 1 heterocycles. The van der Waals surface area contributed by atoms with Gasteiger partial charge >= 0.3 is 6.01 Å². The molecule has 1 N–H and O–H groups in total. The van der Waals surface area contributed by atoms with Gasteiger partial charge in [0.05, 0.1) is 12.0 Å². The Labute approximate surface area is 186 Å². The number of hydrogen-bond acceptors (Lipinski definition) is 7. The Morgan fingerprint density at radius 2 is 1.84 bits per heavy atom. The molecule has 32 heavy (non-hydrogen) atoms. The van der Waals surface area contributed by atoms with Crippen LogP contribution in [-0.2, 0) is 10.0 Å². The SMILES string of the molecule is COc1cccc(-c2nnc(NC(=O)c3ccc(S(=O)(=O)N(C)C4CCCC4)cc3)o2)c1. The summed E-state index contributed by atoms with van der Waals surface area (Å²) in [6.07, 6.45) is 3.83. The second-order valence-electron chi connectivity index (χ2n) is 7.58. The third-order valence-corrected chi connectivity index (χ3v) is 7.52. The maximum absolute atomic E-state index is 12.9. The van der Waals surface area contributed by atoms with Crippen molar-refractivity contribution in [2.75, 3.05) is 19.5 Å². The van der Waals surface area contributed by atoms with Crippen LogP contribution in [0.1, 0.15) is 36.0 Å². The van der Waals surface area contributed by atoms with Crippen molar-refractivity contribution in [2.24, 2.45) is 0 Å². The number of methoxy groups -OCH3 is 1. The Kier molecular flexibility index (Phi) is 6.24. The van der Waals surface area contributed by atoms with Gasteiger partial charge in [0, 0.05) is 24.2 Å². The summed E-state index contributed by atoms with van der Waals surface area (Å²) in [5.41, 5.74) is 0.923. The lowest BCUT2D eigenvalue weighted by Gasteiger charge is -2.23. The number of nitrogens with one attached hydrogen (secondary N) is 1. The van der Waals surface area contributed by atoms with Crippen molar-refractivity contribution in [2.45, 2.75) is 36.6 Å². The summed E-state index contributed by atoms with van der Waals surface area (Å²) in [6, 6.07) is 12.9. The van der Waals surface area contributed by atoms with E-state index in [1.54, 1.807) is 38.4 Å². The van der Waals surface area contributed by atoms with Crippen molar-refractivity contribution in [3.8, 4) is 17.2 Å². The van der Waals surface area contributed by atoms with Crippen molar-refractivity contribution >= 4 is 21.9 Å². The van der Waals surface area contributed by atoms with E-state index in [2.05, 4.69) is 15.5 Å². The molecular formula is C22H24N4O5S. The van der Waals surface area contributed by atoms with Crippen molar-refractivity contribution in [3.63, 3.8) is 0 Å². The lowest BCUT2D eigenvalue weighted by molar-refractivity contribution is 0.102. The lowest BCUT2D eigenvalue weighted by atomic mass is 10.2. The minimum Gasteiger partial charge on any atom is -0.497 e. The zero-order valence-electron chi connectivity index (χ0n) is 17.8. The fourth-order valence-electron chi connectivity index (χ4n) is 3.72. The van der Waals surface area contributed by atoms with E-state index >= 15 is 0 Å². The first-order valence-corrected chi connectivity index (χ1v) is 11.7. The number of amides is 1. The van der Waals surface area contributed by atoms with Crippen LogP contribution in [0.2, 0.25) is 0 Å². The number of carbonyl (C=O) groups is 1. The fraction of sp³-hybridized carbons (Fsp3) is 0.318. The molecule has 1 aromatic heterocycles. The van der Waals surface area contributed by atoms with Gasteiger partial charge in [-0.05, 0) is 55.3 Å². The number of rotatable bonds is 7. The average molecular weight is 457 g/mol. The number of hydrogen-bond donors (Lipinski definition) is 1. The smallest absolute Gasteiger partial charge is 0.322 e. The monoisotopic (exact) mass is 456 g/mol. The van der Waals surface area contributed by atoms with Crippen LogP contribution in [-0.4, -0.2) is 49.0 Å². The molecule has 10 heteroatoms. The number of ether oxygens (including phenoxy) is 1. The number of aromatic nitrogens is 2. The second kappa shape index (κ2) is 9.09. The number of carbonyl (C=O) groups excluding carboxylic acids is 1. The van der Waals surface area contributed by atoms with Gasteiger partial charge in [0.15, 0.2) is 0 Å². The zero-order valence-corrected chi connectivity index (χ0v) is 18.6. The summed E-state index contributed by atoms with van der Waals surface area (Å²) in [4.78, 5) is 12.7. The molecule has 1 amide bonds. The van der Waals surface area contributed by atoms with Gasteiger partial charge in [-0.2, -0.15) is 4.31 Å². The van der Waals surface area contributed by atoms with E-state index in [0.717, 1.165) is 25.7 Å². The molecule has 4 rings (SSSR count). The summed E-state index contributed by atoms with van der Waals surface area (Å²) < 4.78 is 37.8. The predicted molar refractivity (Wildman–Crippen MR) is 118 cm³/mol. The van der Waals surface area contributed by atoms with E-state index in [0.29, 0.717) is 11.3 Å². The van der Waals surface area contributed by atoms with Gasteiger partial charge in [0.1, 0.15) is 5.75 Å². The van der Waals surface area contributed by atoms with Gasteiger partial charge in [-0.25, -0.2) is 8.42 Å². The average Bonchev–Trinajstić information content (AvgIpc) is 3.51. The van der Waals surface area contributed by atoms with E-state index in [4.69, 9.17) is 9.15 Å². The van der Waals surface area contributed by atoms with Gasteiger partial charge in [0.2, 0.25) is 15.9 Å². The highest BCUT2D eigenvalue weighted by Gasteiger charge is 2.30. The maximum Gasteiger partial charge on any atom is 0.322 e. The van der Waals surface area contributed by atoms with Crippen LogP contribution in [0.15, 0.2) is 57.8 Å². The Bertz CT molecular complexity index is 1200. The Hall–Kier alpha value is -3.24. The van der Waals surface area contributed by atoms with Crippen molar-refractivity contribution < 1.29 is 22.4 Å². The zero-order chi connectivity index (χ0) is 22.7. The molecule has 0 radical (unpaired) electrons. The summed E-state index contributed by atoms with van der Waals surface area (Å²) in [5, 5.41) is 10.3. The highest BCUT2D eigenvalue weighted by atomic mass is 32.2. The molecule has 1 aliphatic carbocycles. The van der Waals surface area contributed by atoms with E-state index in [1.807, 2.05) is 0 Å². The Balaban J connectivity index is 1.45. The number of benzene rings is 2. The fourth-order valence-corrected chi connectivity index (χ4v) is 5.14. The summed E-state index contributed by atoms with van der Waals surface area (Å²) >= 11 is 0. The van der Waals surface area contributed by atoms with E-state index in [1.165, 1.54) is 28.6 Å². The molecule has 9 nitrogen and oxygen atoms in total. The van der Waals surface area contributed by atoms with Crippen LogP contribution in [0.4, 0.5) is 6.01 Å². The Morgan fingerprint density at radius 3 is 2.53 bits per heavy atom. The molecule has 2 aromatic carbocycles. The standard InChI is InChI=1S/C22H24N4O5S/c1-26(17-7-3-4-8-17)32(28,29)19-12-10-15(11-13-19)20(27)23-22-25-24-21(31-22)16-6-5-9-18(14-16)30-2/h5-6,9-14,17H,3-4,7-8H2,1-2H3,(H,23,25,27). The Morgan fingerprint density at radius 1 is 1.12 bits per heavy atom. The number of anilines is 1. The van der Waals surface area contributed by atoms with Crippen LogP contribution in [0.5, 0.6) is 5.75 Å². The van der Waals surface area contributed by atoms with Crippen LogP contribution >= 0.6 is 0 Å². The normalized spacial score (nSPS) is 14.6. The molecule has 168 valence electrons. The molecule has 0 spiro atoms. The summed E-state index contributed by atoms with van der Waals surface area (Å²) in [5.74, 6) is 0.384. The highest BCUT2D eigenvalue weighted by molar-refractivity contribution is 7.89.